The summed E-state index contributed by atoms with van der Waals surface area (Å²) in [6.45, 7) is 4.72. The Balaban J connectivity index is 3.12. The monoisotopic (exact) mass is 225 g/mol. The average Bonchev–Trinajstić information content (AvgIpc) is 2.41. The third kappa shape index (κ3) is 1.73. The first-order valence-electron chi connectivity index (χ1n) is 5.14. The minimum Gasteiger partial charge on any atom is -0.479 e. The summed E-state index contributed by atoms with van der Waals surface area (Å²) in [6.07, 6.45) is 2.01. The van der Waals surface area contributed by atoms with Gasteiger partial charge in [0.2, 0.25) is 0 Å². The van der Waals surface area contributed by atoms with Gasteiger partial charge < -0.3 is 5.11 Å². The van der Waals surface area contributed by atoms with Gasteiger partial charge >= 0.3 is 5.97 Å². The summed E-state index contributed by atoms with van der Waals surface area (Å²) in [7, 11) is 0. The Morgan fingerprint density at radius 1 is 1.50 bits per heavy atom. The van der Waals surface area contributed by atoms with Crippen LogP contribution in [0.4, 0.5) is 0 Å². The van der Waals surface area contributed by atoms with Crippen molar-refractivity contribution in [1.29, 1.82) is 0 Å². The largest absolute Gasteiger partial charge is 0.479 e. The molecule has 0 saturated carbocycles. The van der Waals surface area contributed by atoms with Crippen LogP contribution in [-0.2, 0) is 14.4 Å². The van der Waals surface area contributed by atoms with E-state index in [9.17, 15) is 19.5 Å². The van der Waals surface area contributed by atoms with E-state index in [1.54, 1.807) is 0 Å². The number of carboxylic acid groups (broad SMARTS) is 1. The maximum Gasteiger partial charge on any atom is 0.329 e. The molecule has 16 heavy (non-hydrogen) atoms. The van der Waals surface area contributed by atoms with Gasteiger partial charge in [0.1, 0.15) is 5.54 Å². The molecule has 0 fully saturated rings. The lowest BCUT2D eigenvalue weighted by atomic mass is 9.94. The molecule has 1 aliphatic heterocycles. The number of carbonyl (C=O) groups is 3. The zero-order chi connectivity index (χ0) is 12.5. The van der Waals surface area contributed by atoms with Crippen molar-refractivity contribution < 1.29 is 19.5 Å². The van der Waals surface area contributed by atoms with Gasteiger partial charge in [-0.05, 0) is 20.3 Å². The number of nitrogens with zero attached hydrogens (tertiary/aromatic N) is 1. The lowest BCUT2D eigenvalue weighted by molar-refractivity contribution is -0.161. The van der Waals surface area contributed by atoms with E-state index >= 15 is 0 Å². The van der Waals surface area contributed by atoms with Gasteiger partial charge in [0.25, 0.3) is 11.8 Å². The number of hydrogen-bond donors (Lipinski definition) is 1. The molecule has 0 aromatic carbocycles. The summed E-state index contributed by atoms with van der Waals surface area (Å²) in [5.41, 5.74) is -1.16. The standard InChI is InChI=1S/C11H15NO4/c1-4-5-11(3,10(15)16)12-8(13)6-7(2)9(12)14/h6H,4-5H2,1-3H3,(H,15,16). The zero-order valence-corrected chi connectivity index (χ0v) is 9.61. The van der Waals surface area contributed by atoms with E-state index in [1.807, 2.05) is 6.92 Å². The van der Waals surface area contributed by atoms with Crippen LogP contribution in [0.1, 0.15) is 33.6 Å². The summed E-state index contributed by atoms with van der Waals surface area (Å²) in [5.74, 6) is -2.21. The number of rotatable bonds is 4. The molecule has 0 bridgehead atoms. The Hall–Kier alpha value is -1.65. The number of carboxylic acids is 1. The first kappa shape index (κ1) is 12.4. The van der Waals surface area contributed by atoms with Gasteiger partial charge in [-0.2, -0.15) is 0 Å². The molecular weight excluding hydrogens is 210 g/mol. The van der Waals surface area contributed by atoms with Crippen LogP contribution < -0.4 is 0 Å². The third-order valence-electron chi connectivity index (χ3n) is 2.79. The summed E-state index contributed by atoms with van der Waals surface area (Å²) in [5, 5.41) is 9.18. The minimum absolute atomic E-state index is 0.251. The summed E-state index contributed by atoms with van der Waals surface area (Å²) in [4.78, 5) is 35.4. The molecule has 5 heteroatoms. The molecule has 0 aromatic heterocycles. The van der Waals surface area contributed by atoms with E-state index in [4.69, 9.17) is 0 Å². The van der Waals surface area contributed by atoms with Crippen LogP contribution in [-0.4, -0.2) is 33.3 Å². The van der Waals surface area contributed by atoms with Crippen molar-refractivity contribution in [2.45, 2.75) is 39.2 Å². The highest BCUT2D eigenvalue weighted by Crippen LogP contribution is 2.27. The topological polar surface area (TPSA) is 74.7 Å². The van der Waals surface area contributed by atoms with Crippen LogP contribution in [0, 0.1) is 0 Å². The van der Waals surface area contributed by atoms with Gasteiger partial charge in [-0.1, -0.05) is 13.3 Å². The van der Waals surface area contributed by atoms with E-state index in [2.05, 4.69) is 0 Å². The van der Waals surface area contributed by atoms with Gasteiger partial charge in [0.15, 0.2) is 0 Å². The normalized spacial score (nSPS) is 19.7. The van der Waals surface area contributed by atoms with Gasteiger partial charge in [0, 0.05) is 11.6 Å². The van der Waals surface area contributed by atoms with Crippen molar-refractivity contribution in [3.05, 3.63) is 11.6 Å². The maximum atomic E-state index is 11.7. The molecule has 1 N–H and O–H groups in total. The molecule has 5 nitrogen and oxygen atoms in total. The van der Waals surface area contributed by atoms with Crippen LogP contribution in [0.2, 0.25) is 0 Å². The molecular formula is C11H15NO4. The van der Waals surface area contributed by atoms with Crippen LogP contribution in [0.3, 0.4) is 0 Å². The molecule has 0 radical (unpaired) electrons. The molecule has 2 amide bonds. The first-order valence-corrected chi connectivity index (χ1v) is 5.14. The van der Waals surface area contributed by atoms with E-state index < -0.39 is 23.3 Å². The highest BCUT2D eigenvalue weighted by Gasteiger charge is 2.47. The summed E-state index contributed by atoms with van der Waals surface area (Å²) >= 11 is 0. The highest BCUT2D eigenvalue weighted by atomic mass is 16.4. The van der Waals surface area contributed by atoms with E-state index in [-0.39, 0.29) is 12.0 Å². The molecule has 88 valence electrons. The Morgan fingerprint density at radius 3 is 2.38 bits per heavy atom. The quantitative estimate of drug-likeness (QED) is 0.723. The average molecular weight is 225 g/mol. The fourth-order valence-electron chi connectivity index (χ4n) is 1.86. The SMILES string of the molecule is CCCC(C)(C(=O)O)N1C(=O)C=C(C)C1=O. The molecule has 0 spiro atoms. The zero-order valence-electron chi connectivity index (χ0n) is 9.61. The first-order chi connectivity index (χ1) is 7.34. The van der Waals surface area contributed by atoms with Crippen molar-refractivity contribution in [1.82, 2.24) is 4.90 Å². The second kappa shape index (κ2) is 4.08. The Bertz CT molecular complexity index is 385. The molecule has 1 rings (SSSR count). The molecule has 1 atom stereocenters. The van der Waals surface area contributed by atoms with Crippen molar-refractivity contribution in [2.24, 2.45) is 0 Å². The van der Waals surface area contributed by atoms with Crippen LogP contribution in [0.25, 0.3) is 0 Å². The van der Waals surface area contributed by atoms with Gasteiger partial charge in [-0.3, -0.25) is 14.5 Å². The van der Waals surface area contributed by atoms with Crippen molar-refractivity contribution >= 4 is 17.8 Å². The number of hydrogen-bond acceptors (Lipinski definition) is 3. The molecule has 1 heterocycles. The number of amides is 2. The van der Waals surface area contributed by atoms with Gasteiger partial charge in [-0.15, -0.1) is 0 Å². The Morgan fingerprint density at radius 2 is 2.06 bits per heavy atom. The van der Waals surface area contributed by atoms with Gasteiger partial charge in [0.05, 0.1) is 0 Å². The Kier molecular flexibility index (Phi) is 3.16. The lowest BCUT2D eigenvalue weighted by Crippen LogP contribution is -2.55. The Labute approximate surface area is 93.7 Å². The van der Waals surface area contributed by atoms with Crippen LogP contribution >= 0.6 is 0 Å². The highest BCUT2D eigenvalue weighted by molar-refractivity contribution is 6.18. The fourth-order valence-corrected chi connectivity index (χ4v) is 1.86. The second-order valence-electron chi connectivity index (χ2n) is 4.14. The predicted octanol–water partition coefficient (Wildman–Crippen LogP) is 0.945. The predicted molar refractivity (Wildman–Crippen MR) is 56.6 cm³/mol. The van der Waals surface area contributed by atoms with Crippen molar-refractivity contribution in [3.8, 4) is 0 Å². The molecule has 1 aliphatic rings. The maximum absolute atomic E-state index is 11.7. The fraction of sp³-hybridized carbons (Fsp3) is 0.545. The number of imide groups is 1. The van der Waals surface area contributed by atoms with Gasteiger partial charge in [-0.25, -0.2) is 4.79 Å². The molecule has 1 unspecified atom stereocenters. The lowest BCUT2D eigenvalue weighted by Gasteiger charge is -2.33. The van der Waals surface area contributed by atoms with E-state index in [0.29, 0.717) is 6.42 Å². The van der Waals surface area contributed by atoms with E-state index in [0.717, 1.165) is 4.90 Å². The molecule has 0 aliphatic carbocycles. The molecule has 0 saturated heterocycles. The second-order valence-corrected chi connectivity index (χ2v) is 4.14. The van der Waals surface area contributed by atoms with E-state index in [1.165, 1.54) is 19.9 Å². The number of aliphatic carboxylic acids is 1. The minimum atomic E-state index is -1.45. The summed E-state index contributed by atoms with van der Waals surface area (Å²) in [6, 6.07) is 0. The third-order valence-corrected chi connectivity index (χ3v) is 2.79. The number of carbonyl (C=O) groups excluding carboxylic acids is 2. The smallest absolute Gasteiger partial charge is 0.329 e. The van der Waals surface area contributed by atoms with Crippen LogP contribution in [0.5, 0.6) is 0 Å². The summed E-state index contributed by atoms with van der Waals surface area (Å²) < 4.78 is 0. The van der Waals surface area contributed by atoms with Crippen molar-refractivity contribution in [2.75, 3.05) is 0 Å². The molecule has 0 aromatic rings. The van der Waals surface area contributed by atoms with Crippen LogP contribution in [0.15, 0.2) is 11.6 Å². The van der Waals surface area contributed by atoms with Crippen molar-refractivity contribution in [3.63, 3.8) is 0 Å².